The van der Waals surface area contributed by atoms with Crippen molar-refractivity contribution in [1.29, 1.82) is 0 Å². The van der Waals surface area contributed by atoms with Gasteiger partial charge in [0.05, 0.1) is 31.2 Å². The number of nitrogens with zero attached hydrogens (tertiary/aromatic N) is 3. The first kappa shape index (κ1) is 10.5. The van der Waals surface area contributed by atoms with Crippen LogP contribution in [0.25, 0.3) is 0 Å². The molecule has 16 heavy (non-hydrogen) atoms. The van der Waals surface area contributed by atoms with Gasteiger partial charge in [0.15, 0.2) is 0 Å². The van der Waals surface area contributed by atoms with Crippen molar-refractivity contribution in [3.63, 3.8) is 0 Å². The Hall–Kier alpha value is -2.04. The molecular weight excluding hydrogens is 204 g/mol. The zero-order valence-electron chi connectivity index (χ0n) is 9.34. The molecule has 0 saturated carbocycles. The number of benzene rings is 1. The van der Waals surface area contributed by atoms with Crippen LogP contribution in [0.15, 0.2) is 30.5 Å². The standard InChI is InChI=1S/C11H14N4O/c1-15-9(8-13-14-15)7-12-10-5-3-4-6-11(10)16-2/h3-6,8,12H,7H2,1-2H3. The number of para-hydroxylation sites is 2. The predicted molar refractivity (Wildman–Crippen MR) is 61.3 cm³/mol. The summed E-state index contributed by atoms with van der Waals surface area (Å²) >= 11 is 0. The highest BCUT2D eigenvalue weighted by Crippen LogP contribution is 2.23. The van der Waals surface area contributed by atoms with Crippen LogP contribution in [0.2, 0.25) is 0 Å². The molecule has 1 aromatic heterocycles. The van der Waals surface area contributed by atoms with E-state index in [1.54, 1.807) is 18.0 Å². The first-order valence-corrected chi connectivity index (χ1v) is 5.01. The molecule has 0 spiro atoms. The number of aryl methyl sites for hydroxylation is 1. The molecule has 5 heteroatoms. The monoisotopic (exact) mass is 218 g/mol. The molecule has 1 N–H and O–H groups in total. The summed E-state index contributed by atoms with van der Waals surface area (Å²) < 4.78 is 6.98. The van der Waals surface area contributed by atoms with Gasteiger partial charge in [-0.2, -0.15) is 0 Å². The molecule has 1 aromatic carbocycles. The Labute approximate surface area is 94.0 Å². The van der Waals surface area contributed by atoms with Gasteiger partial charge in [-0.3, -0.25) is 4.68 Å². The van der Waals surface area contributed by atoms with Crippen LogP contribution < -0.4 is 10.1 Å². The molecule has 1 heterocycles. The summed E-state index contributed by atoms with van der Waals surface area (Å²) in [4.78, 5) is 0. The minimum atomic E-state index is 0.671. The summed E-state index contributed by atoms with van der Waals surface area (Å²) in [5, 5.41) is 11.0. The first-order valence-electron chi connectivity index (χ1n) is 5.01. The van der Waals surface area contributed by atoms with Gasteiger partial charge in [0.2, 0.25) is 0 Å². The van der Waals surface area contributed by atoms with Gasteiger partial charge in [0.1, 0.15) is 5.75 Å². The second-order valence-corrected chi connectivity index (χ2v) is 3.40. The molecule has 5 nitrogen and oxygen atoms in total. The molecule has 0 atom stereocenters. The van der Waals surface area contributed by atoms with Gasteiger partial charge < -0.3 is 10.1 Å². The maximum Gasteiger partial charge on any atom is 0.141 e. The van der Waals surface area contributed by atoms with E-state index in [1.165, 1.54) is 0 Å². The molecule has 0 aliphatic heterocycles. The highest BCUT2D eigenvalue weighted by Gasteiger charge is 2.03. The summed E-state index contributed by atoms with van der Waals surface area (Å²) in [5.41, 5.74) is 1.98. The van der Waals surface area contributed by atoms with E-state index in [-0.39, 0.29) is 0 Å². The Morgan fingerprint density at radius 2 is 2.19 bits per heavy atom. The number of aromatic nitrogens is 3. The van der Waals surface area contributed by atoms with Crippen molar-refractivity contribution >= 4 is 5.69 Å². The van der Waals surface area contributed by atoms with Crippen LogP contribution in [0, 0.1) is 0 Å². The van der Waals surface area contributed by atoms with E-state index in [2.05, 4.69) is 15.6 Å². The summed E-state index contributed by atoms with van der Waals surface area (Å²) in [6, 6.07) is 7.80. The number of anilines is 1. The van der Waals surface area contributed by atoms with Crippen LogP contribution in [0.1, 0.15) is 5.69 Å². The maximum atomic E-state index is 5.24. The third kappa shape index (κ3) is 2.13. The van der Waals surface area contributed by atoms with Gasteiger partial charge in [-0.25, -0.2) is 0 Å². The number of nitrogens with one attached hydrogen (secondary N) is 1. The van der Waals surface area contributed by atoms with Crippen LogP contribution >= 0.6 is 0 Å². The number of rotatable bonds is 4. The van der Waals surface area contributed by atoms with Crippen molar-refractivity contribution in [2.75, 3.05) is 12.4 Å². The zero-order valence-corrected chi connectivity index (χ0v) is 9.34. The zero-order chi connectivity index (χ0) is 11.4. The van der Waals surface area contributed by atoms with E-state index < -0.39 is 0 Å². The Morgan fingerprint density at radius 1 is 1.38 bits per heavy atom. The fraction of sp³-hybridized carbons (Fsp3) is 0.273. The number of hydrogen-bond acceptors (Lipinski definition) is 4. The Balaban J connectivity index is 2.07. The lowest BCUT2D eigenvalue weighted by molar-refractivity contribution is 0.416. The third-order valence-electron chi connectivity index (χ3n) is 2.38. The van der Waals surface area contributed by atoms with Crippen molar-refractivity contribution in [2.45, 2.75) is 6.54 Å². The molecule has 2 aromatic rings. The lowest BCUT2D eigenvalue weighted by atomic mass is 10.3. The van der Waals surface area contributed by atoms with Gasteiger partial charge in [-0.15, -0.1) is 5.10 Å². The van der Waals surface area contributed by atoms with Crippen molar-refractivity contribution < 1.29 is 4.74 Å². The average Bonchev–Trinajstić information content (AvgIpc) is 2.72. The highest BCUT2D eigenvalue weighted by molar-refractivity contribution is 5.56. The highest BCUT2D eigenvalue weighted by atomic mass is 16.5. The van der Waals surface area contributed by atoms with E-state index in [0.29, 0.717) is 6.54 Å². The Morgan fingerprint density at radius 3 is 2.88 bits per heavy atom. The van der Waals surface area contributed by atoms with Crippen LogP contribution in [-0.4, -0.2) is 22.1 Å². The molecule has 0 radical (unpaired) electrons. The maximum absolute atomic E-state index is 5.24. The second-order valence-electron chi connectivity index (χ2n) is 3.40. The van der Waals surface area contributed by atoms with Crippen molar-refractivity contribution in [3.8, 4) is 5.75 Å². The van der Waals surface area contributed by atoms with Gasteiger partial charge in [-0.05, 0) is 12.1 Å². The van der Waals surface area contributed by atoms with Crippen LogP contribution in [-0.2, 0) is 13.6 Å². The van der Waals surface area contributed by atoms with Gasteiger partial charge in [-0.1, -0.05) is 17.3 Å². The van der Waals surface area contributed by atoms with Crippen molar-refractivity contribution in [3.05, 3.63) is 36.2 Å². The predicted octanol–water partition coefficient (Wildman–Crippen LogP) is 1.44. The van der Waals surface area contributed by atoms with E-state index in [9.17, 15) is 0 Å². The Kier molecular flexibility index (Phi) is 3.05. The molecule has 0 aliphatic carbocycles. The molecule has 0 amide bonds. The van der Waals surface area contributed by atoms with Crippen molar-refractivity contribution in [2.24, 2.45) is 7.05 Å². The van der Waals surface area contributed by atoms with E-state index >= 15 is 0 Å². The number of hydrogen-bond donors (Lipinski definition) is 1. The number of methoxy groups -OCH3 is 1. The smallest absolute Gasteiger partial charge is 0.141 e. The minimum Gasteiger partial charge on any atom is -0.495 e. The quantitative estimate of drug-likeness (QED) is 0.843. The van der Waals surface area contributed by atoms with Crippen LogP contribution in [0.5, 0.6) is 5.75 Å². The lowest BCUT2D eigenvalue weighted by Crippen LogP contribution is -2.06. The summed E-state index contributed by atoms with van der Waals surface area (Å²) in [5.74, 6) is 0.831. The van der Waals surface area contributed by atoms with E-state index in [0.717, 1.165) is 17.1 Å². The third-order valence-corrected chi connectivity index (χ3v) is 2.38. The van der Waals surface area contributed by atoms with Crippen LogP contribution in [0.3, 0.4) is 0 Å². The normalized spacial score (nSPS) is 10.1. The fourth-order valence-corrected chi connectivity index (χ4v) is 1.45. The molecule has 0 aliphatic rings. The fourth-order valence-electron chi connectivity index (χ4n) is 1.45. The molecule has 0 unspecified atom stereocenters. The SMILES string of the molecule is COc1ccccc1NCc1cnnn1C. The number of ether oxygens (including phenoxy) is 1. The van der Waals surface area contributed by atoms with Crippen molar-refractivity contribution in [1.82, 2.24) is 15.0 Å². The molecule has 2 rings (SSSR count). The largest absolute Gasteiger partial charge is 0.495 e. The first-order chi connectivity index (χ1) is 7.81. The van der Waals surface area contributed by atoms with Gasteiger partial charge in [0.25, 0.3) is 0 Å². The average molecular weight is 218 g/mol. The second kappa shape index (κ2) is 4.65. The molecular formula is C11H14N4O. The summed E-state index contributed by atoms with van der Waals surface area (Å²) in [6.45, 7) is 0.671. The minimum absolute atomic E-state index is 0.671. The van der Waals surface area contributed by atoms with Gasteiger partial charge >= 0.3 is 0 Å². The topological polar surface area (TPSA) is 52.0 Å². The summed E-state index contributed by atoms with van der Waals surface area (Å²) in [6.07, 6.45) is 1.74. The molecule has 0 fully saturated rings. The van der Waals surface area contributed by atoms with Gasteiger partial charge in [0, 0.05) is 7.05 Å². The molecule has 0 bridgehead atoms. The lowest BCUT2D eigenvalue weighted by Gasteiger charge is -2.10. The van der Waals surface area contributed by atoms with E-state index in [1.807, 2.05) is 31.3 Å². The van der Waals surface area contributed by atoms with Crippen LogP contribution in [0.4, 0.5) is 5.69 Å². The molecule has 84 valence electrons. The Bertz CT molecular complexity index is 467. The van der Waals surface area contributed by atoms with E-state index in [4.69, 9.17) is 4.74 Å². The molecule has 0 saturated heterocycles. The summed E-state index contributed by atoms with van der Waals surface area (Å²) in [7, 11) is 3.53.